The minimum absolute atomic E-state index is 0.0393. The maximum atomic E-state index is 13.9. The summed E-state index contributed by atoms with van der Waals surface area (Å²) in [7, 11) is 0. The normalized spacial score (nSPS) is 17.6. The summed E-state index contributed by atoms with van der Waals surface area (Å²) in [5.41, 5.74) is 5.67. The van der Waals surface area contributed by atoms with Crippen LogP contribution in [0.4, 0.5) is 5.69 Å². The quantitative estimate of drug-likeness (QED) is 0.445. The van der Waals surface area contributed by atoms with Gasteiger partial charge in [0.2, 0.25) is 11.8 Å². The van der Waals surface area contributed by atoms with Gasteiger partial charge in [0.25, 0.3) is 0 Å². The van der Waals surface area contributed by atoms with E-state index < -0.39 is 6.04 Å². The second kappa shape index (κ2) is 8.78. The molecule has 3 aromatic carbocycles. The number of anilines is 1. The summed E-state index contributed by atoms with van der Waals surface area (Å²) in [6, 6.07) is 22.7. The Morgan fingerprint density at radius 3 is 2.50 bits per heavy atom. The molecule has 1 N–H and O–H groups in total. The van der Waals surface area contributed by atoms with Crippen LogP contribution in [0.2, 0.25) is 0 Å². The van der Waals surface area contributed by atoms with Gasteiger partial charge in [-0.25, -0.2) is 4.98 Å². The Morgan fingerprint density at radius 2 is 1.71 bits per heavy atom. The lowest BCUT2D eigenvalue weighted by Gasteiger charge is -2.38. The molecule has 1 aliphatic heterocycles. The number of para-hydroxylation sites is 2. The third-order valence-electron chi connectivity index (χ3n) is 6.80. The van der Waals surface area contributed by atoms with E-state index in [1.165, 1.54) is 0 Å². The van der Waals surface area contributed by atoms with Gasteiger partial charge in [-0.3, -0.25) is 9.59 Å². The molecule has 2 atom stereocenters. The summed E-state index contributed by atoms with van der Waals surface area (Å²) in [5, 5.41) is 3.02. The lowest BCUT2D eigenvalue weighted by molar-refractivity contribution is -0.142. The molecule has 0 bridgehead atoms. The molecular formula is C28H28N4O2. The molecule has 5 rings (SSSR count). The number of hydrogen-bond donors (Lipinski definition) is 1. The van der Waals surface area contributed by atoms with E-state index in [0.29, 0.717) is 6.54 Å². The second-order valence-electron chi connectivity index (χ2n) is 8.97. The largest absolute Gasteiger partial charge is 0.327 e. The highest BCUT2D eigenvalue weighted by Crippen LogP contribution is 2.37. The highest BCUT2D eigenvalue weighted by atomic mass is 16.2. The summed E-state index contributed by atoms with van der Waals surface area (Å²) < 4.78 is 1.96. The van der Waals surface area contributed by atoms with Gasteiger partial charge in [-0.05, 0) is 55.7 Å². The van der Waals surface area contributed by atoms with E-state index in [1.807, 2.05) is 103 Å². The molecule has 0 spiro atoms. The van der Waals surface area contributed by atoms with Crippen molar-refractivity contribution >= 4 is 28.5 Å². The second-order valence-corrected chi connectivity index (χ2v) is 8.97. The maximum absolute atomic E-state index is 13.9. The monoisotopic (exact) mass is 452 g/mol. The number of carbonyl (C=O) groups is 2. The summed E-state index contributed by atoms with van der Waals surface area (Å²) in [6.07, 6.45) is 0.0393. The summed E-state index contributed by atoms with van der Waals surface area (Å²) >= 11 is 0. The molecule has 172 valence electrons. The minimum Gasteiger partial charge on any atom is -0.327 e. The van der Waals surface area contributed by atoms with Gasteiger partial charge >= 0.3 is 0 Å². The fourth-order valence-corrected chi connectivity index (χ4v) is 4.75. The van der Waals surface area contributed by atoms with E-state index in [9.17, 15) is 9.59 Å². The molecule has 6 nitrogen and oxygen atoms in total. The van der Waals surface area contributed by atoms with Gasteiger partial charge in [-0.1, -0.05) is 54.6 Å². The molecule has 1 aliphatic rings. The predicted octanol–water partition coefficient (Wildman–Crippen LogP) is 5.33. The third-order valence-corrected chi connectivity index (χ3v) is 6.80. The molecule has 0 unspecified atom stereocenters. The molecule has 0 saturated carbocycles. The van der Waals surface area contributed by atoms with Crippen molar-refractivity contribution in [3.8, 4) is 0 Å². The highest BCUT2D eigenvalue weighted by Gasteiger charge is 2.40. The smallest absolute Gasteiger partial charge is 0.247 e. The first-order chi connectivity index (χ1) is 16.4. The lowest BCUT2D eigenvalue weighted by atomic mass is 10.0. The molecule has 4 aromatic rings. The van der Waals surface area contributed by atoms with Crippen LogP contribution in [0.15, 0.2) is 72.8 Å². The van der Waals surface area contributed by atoms with Crippen molar-refractivity contribution in [2.75, 3.05) is 5.32 Å². The Balaban J connectivity index is 1.51. The average Bonchev–Trinajstić information content (AvgIpc) is 3.23. The van der Waals surface area contributed by atoms with E-state index in [2.05, 4.69) is 5.32 Å². The van der Waals surface area contributed by atoms with Crippen LogP contribution in [0.1, 0.15) is 47.9 Å². The molecular weight excluding hydrogens is 424 g/mol. The van der Waals surface area contributed by atoms with E-state index >= 15 is 0 Å². The van der Waals surface area contributed by atoms with Crippen LogP contribution in [0.5, 0.6) is 0 Å². The van der Waals surface area contributed by atoms with E-state index in [1.54, 1.807) is 0 Å². The van der Waals surface area contributed by atoms with Crippen molar-refractivity contribution in [2.45, 2.75) is 45.8 Å². The summed E-state index contributed by atoms with van der Waals surface area (Å²) in [4.78, 5) is 33.7. The first-order valence-corrected chi connectivity index (χ1v) is 11.6. The highest BCUT2D eigenvalue weighted by molar-refractivity contribution is 5.96. The van der Waals surface area contributed by atoms with Crippen LogP contribution in [-0.4, -0.2) is 26.3 Å². The fraction of sp³-hybridized carbons (Fsp3) is 0.250. The van der Waals surface area contributed by atoms with Gasteiger partial charge in [-0.2, -0.15) is 0 Å². The van der Waals surface area contributed by atoms with Gasteiger partial charge in [0.1, 0.15) is 11.9 Å². The van der Waals surface area contributed by atoms with Crippen molar-refractivity contribution in [3.05, 3.63) is 95.3 Å². The number of imidazole rings is 1. The Hall–Kier alpha value is -3.93. The Labute approximate surface area is 199 Å². The van der Waals surface area contributed by atoms with Crippen LogP contribution >= 0.6 is 0 Å². The van der Waals surface area contributed by atoms with Crippen LogP contribution in [0.3, 0.4) is 0 Å². The summed E-state index contributed by atoms with van der Waals surface area (Å²) in [5.74, 6) is 0.550. The molecule has 6 heteroatoms. The number of hydrogen-bond acceptors (Lipinski definition) is 3. The fourth-order valence-electron chi connectivity index (χ4n) is 4.75. The van der Waals surface area contributed by atoms with Crippen LogP contribution < -0.4 is 5.32 Å². The van der Waals surface area contributed by atoms with Crippen molar-refractivity contribution < 1.29 is 9.59 Å². The number of rotatable bonds is 5. The van der Waals surface area contributed by atoms with Crippen molar-refractivity contribution in [2.24, 2.45) is 0 Å². The molecule has 0 aliphatic carbocycles. The first-order valence-electron chi connectivity index (χ1n) is 11.6. The average molecular weight is 453 g/mol. The topological polar surface area (TPSA) is 67.2 Å². The molecule has 1 aromatic heterocycles. The van der Waals surface area contributed by atoms with Crippen molar-refractivity contribution in [3.63, 3.8) is 0 Å². The minimum atomic E-state index is -0.660. The SMILES string of the molecule is Cc1cccc(NC(=O)C[C@@H]2C(=O)N(Cc3ccccc3)[C@H](C)c3nc4ccccc4n32)c1C. The van der Waals surface area contributed by atoms with Gasteiger partial charge in [0, 0.05) is 12.2 Å². The van der Waals surface area contributed by atoms with E-state index in [0.717, 1.165) is 39.2 Å². The molecule has 34 heavy (non-hydrogen) atoms. The Morgan fingerprint density at radius 1 is 0.971 bits per heavy atom. The molecule has 0 saturated heterocycles. The Kier molecular flexibility index (Phi) is 5.65. The van der Waals surface area contributed by atoms with Gasteiger partial charge in [-0.15, -0.1) is 0 Å². The zero-order valence-electron chi connectivity index (χ0n) is 19.7. The molecule has 0 fully saturated rings. The molecule has 2 amide bonds. The number of nitrogens with zero attached hydrogens (tertiary/aromatic N) is 3. The number of amides is 2. The number of carbonyl (C=O) groups excluding carboxylic acids is 2. The maximum Gasteiger partial charge on any atom is 0.247 e. The van der Waals surface area contributed by atoms with Crippen molar-refractivity contribution in [1.29, 1.82) is 0 Å². The number of fused-ring (bicyclic) bond motifs is 3. The van der Waals surface area contributed by atoms with Crippen LogP contribution in [0, 0.1) is 13.8 Å². The van der Waals surface area contributed by atoms with E-state index in [4.69, 9.17) is 4.98 Å². The third kappa shape index (κ3) is 3.85. The first kappa shape index (κ1) is 21.9. The standard InChI is InChI=1S/C28H28N4O2/c1-18-10-9-14-22(19(18)2)29-26(33)16-25-28(34)31(17-21-11-5-4-6-12-21)20(3)27-30-23-13-7-8-15-24(23)32(25)27/h4-15,20,25H,16-17H2,1-3H3,(H,29,33)/t20-,25-/m1/s1. The summed E-state index contributed by atoms with van der Waals surface area (Å²) in [6.45, 7) is 6.48. The predicted molar refractivity (Wildman–Crippen MR) is 133 cm³/mol. The zero-order chi connectivity index (χ0) is 23.8. The molecule has 2 heterocycles. The van der Waals surface area contributed by atoms with Crippen LogP contribution in [-0.2, 0) is 16.1 Å². The van der Waals surface area contributed by atoms with Crippen LogP contribution in [0.25, 0.3) is 11.0 Å². The van der Waals surface area contributed by atoms with Crippen molar-refractivity contribution in [1.82, 2.24) is 14.5 Å². The number of aromatic nitrogens is 2. The lowest BCUT2D eigenvalue weighted by Crippen LogP contribution is -2.45. The number of aryl methyl sites for hydroxylation is 1. The Bertz CT molecular complexity index is 1380. The number of nitrogens with one attached hydrogen (secondary N) is 1. The van der Waals surface area contributed by atoms with E-state index in [-0.39, 0.29) is 24.3 Å². The number of benzene rings is 3. The molecule has 0 radical (unpaired) electrons. The van der Waals surface area contributed by atoms with Gasteiger partial charge in [0.15, 0.2) is 0 Å². The van der Waals surface area contributed by atoms with Gasteiger partial charge in [0.05, 0.1) is 23.5 Å². The zero-order valence-corrected chi connectivity index (χ0v) is 19.7. The van der Waals surface area contributed by atoms with Gasteiger partial charge < -0.3 is 14.8 Å².